The maximum Gasteiger partial charge on any atom is 0.321 e. The van der Waals surface area contributed by atoms with Crippen LogP contribution in [0.5, 0.6) is 0 Å². The molecule has 0 radical (unpaired) electrons. The van der Waals surface area contributed by atoms with Gasteiger partial charge >= 0.3 is 6.72 Å². The molecular formula is C10H13N4O5PS. The van der Waals surface area contributed by atoms with Crippen molar-refractivity contribution in [3.05, 3.63) is 23.0 Å². The van der Waals surface area contributed by atoms with Crippen molar-refractivity contribution in [3.63, 3.8) is 0 Å². The number of nitrogens with zero attached hydrogens (tertiary/aromatic N) is 3. The zero-order chi connectivity index (χ0) is 15.0. The summed E-state index contributed by atoms with van der Waals surface area (Å²) >= 11 is 4.39. The molecule has 0 amide bonds. The van der Waals surface area contributed by atoms with E-state index >= 15 is 0 Å². The lowest BCUT2D eigenvalue weighted by Crippen LogP contribution is -2.16. The second-order valence-corrected chi connectivity index (χ2v) is 7.30. The predicted molar refractivity (Wildman–Crippen MR) is 76.0 cm³/mol. The van der Waals surface area contributed by atoms with Gasteiger partial charge in [-0.2, -0.15) is 0 Å². The minimum Gasteiger partial charge on any atom is -0.352 e. The van der Waals surface area contributed by atoms with Crippen LogP contribution in [0.15, 0.2) is 17.4 Å². The molecule has 0 spiro atoms. The SMILES string of the molecule is O=c1[nH]cnc2c1ncn2C1CCC(COP(O)(O)=S)O1. The number of fused-ring (bicyclic) bond motifs is 1. The summed E-state index contributed by atoms with van der Waals surface area (Å²) < 4.78 is 12.2. The van der Waals surface area contributed by atoms with Crippen LogP contribution in [0.4, 0.5) is 0 Å². The van der Waals surface area contributed by atoms with Gasteiger partial charge in [-0.05, 0) is 24.6 Å². The van der Waals surface area contributed by atoms with Gasteiger partial charge in [0.25, 0.3) is 5.56 Å². The van der Waals surface area contributed by atoms with Crippen molar-refractivity contribution in [1.29, 1.82) is 0 Å². The number of hydrogen-bond donors (Lipinski definition) is 3. The maximum atomic E-state index is 11.6. The number of aromatic amines is 1. The highest BCUT2D eigenvalue weighted by Crippen LogP contribution is 2.38. The van der Waals surface area contributed by atoms with Crippen LogP contribution in [0.1, 0.15) is 19.1 Å². The molecule has 114 valence electrons. The third-order valence-corrected chi connectivity index (χ3v) is 3.99. The van der Waals surface area contributed by atoms with Gasteiger partial charge in [0.15, 0.2) is 11.2 Å². The van der Waals surface area contributed by atoms with Crippen molar-refractivity contribution in [2.75, 3.05) is 6.61 Å². The molecule has 21 heavy (non-hydrogen) atoms. The Labute approximate surface area is 123 Å². The number of imidazole rings is 1. The van der Waals surface area contributed by atoms with E-state index in [4.69, 9.17) is 19.0 Å². The van der Waals surface area contributed by atoms with E-state index in [0.717, 1.165) is 0 Å². The first-order valence-corrected chi connectivity index (χ1v) is 8.82. The van der Waals surface area contributed by atoms with Crippen LogP contribution >= 0.6 is 6.72 Å². The fourth-order valence-corrected chi connectivity index (χ4v) is 2.81. The topological polar surface area (TPSA) is 122 Å². The number of aromatic nitrogens is 4. The largest absolute Gasteiger partial charge is 0.352 e. The van der Waals surface area contributed by atoms with Gasteiger partial charge in [0.1, 0.15) is 6.23 Å². The molecule has 3 heterocycles. The zero-order valence-electron chi connectivity index (χ0n) is 10.7. The zero-order valence-corrected chi connectivity index (χ0v) is 12.5. The molecular weight excluding hydrogens is 319 g/mol. The van der Waals surface area contributed by atoms with Crippen LogP contribution in [0.3, 0.4) is 0 Å². The Morgan fingerprint density at radius 2 is 2.33 bits per heavy atom. The first-order valence-electron chi connectivity index (χ1n) is 6.20. The van der Waals surface area contributed by atoms with Gasteiger partial charge in [-0.15, -0.1) is 0 Å². The standard InChI is InChI=1S/C10H13N4O5PS/c15-10-8-9(11-4-12-10)14(5-13-8)7-2-1-6(19-7)3-18-20(16,17)21/h4-7H,1-3H2,(H,11,12,15)(H2,16,17,21). The molecule has 1 saturated heterocycles. The van der Waals surface area contributed by atoms with E-state index in [1.807, 2.05) is 0 Å². The van der Waals surface area contributed by atoms with E-state index in [2.05, 4.69) is 26.8 Å². The van der Waals surface area contributed by atoms with Crippen LogP contribution in [-0.4, -0.2) is 42.0 Å². The Kier molecular flexibility index (Phi) is 3.91. The summed E-state index contributed by atoms with van der Waals surface area (Å²) in [7, 11) is 0. The predicted octanol–water partition coefficient (Wildman–Crippen LogP) is 0.0229. The Balaban J connectivity index is 1.75. The minimum atomic E-state index is -3.67. The first kappa shape index (κ1) is 14.8. The van der Waals surface area contributed by atoms with Crippen LogP contribution in [-0.2, 0) is 21.1 Å². The van der Waals surface area contributed by atoms with E-state index in [1.165, 1.54) is 12.7 Å². The lowest BCUT2D eigenvalue weighted by Gasteiger charge is -2.16. The molecule has 3 N–H and O–H groups in total. The van der Waals surface area contributed by atoms with Crippen LogP contribution in [0, 0.1) is 0 Å². The van der Waals surface area contributed by atoms with E-state index in [9.17, 15) is 4.79 Å². The van der Waals surface area contributed by atoms with Crippen molar-refractivity contribution in [1.82, 2.24) is 19.5 Å². The molecule has 0 saturated carbocycles. The van der Waals surface area contributed by atoms with Gasteiger partial charge < -0.3 is 24.0 Å². The number of ether oxygens (including phenoxy) is 1. The van der Waals surface area contributed by atoms with E-state index in [1.54, 1.807) is 4.57 Å². The molecule has 2 unspecified atom stereocenters. The lowest BCUT2D eigenvalue weighted by molar-refractivity contribution is -0.0178. The third-order valence-electron chi connectivity index (χ3n) is 3.19. The van der Waals surface area contributed by atoms with Crippen LogP contribution < -0.4 is 5.56 Å². The molecule has 1 fully saturated rings. The molecule has 2 atom stereocenters. The highest BCUT2D eigenvalue weighted by atomic mass is 32.5. The highest BCUT2D eigenvalue weighted by molar-refractivity contribution is 8.06. The summed E-state index contributed by atoms with van der Waals surface area (Å²) in [6.07, 6.45) is 3.54. The molecule has 3 rings (SSSR count). The molecule has 1 aliphatic heterocycles. The first-order chi connectivity index (χ1) is 9.94. The second kappa shape index (κ2) is 5.56. The second-order valence-electron chi connectivity index (χ2n) is 4.63. The molecule has 2 aromatic rings. The van der Waals surface area contributed by atoms with E-state index < -0.39 is 6.72 Å². The van der Waals surface area contributed by atoms with Crippen molar-refractivity contribution >= 4 is 29.7 Å². The third kappa shape index (κ3) is 3.20. The van der Waals surface area contributed by atoms with Crippen LogP contribution in [0.2, 0.25) is 0 Å². The Bertz CT molecular complexity index is 755. The monoisotopic (exact) mass is 332 g/mol. The Hall–Kier alpha value is -1.16. The van der Waals surface area contributed by atoms with Crippen molar-refractivity contribution in [2.45, 2.75) is 25.2 Å². The summed E-state index contributed by atoms with van der Waals surface area (Å²) in [5.74, 6) is 0. The average molecular weight is 332 g/mol. The molecule has 0 aliphatic carbocycles. The Morgan fingerprint density at radius 3 is 3.10 bits per heavy atom. The normalized spacial score (nSPS) is 23.0. The van der Waals surface area contributed by atoms with Gasteiger partial charge in [0.2, 0.25) is 0 Å². The quantitative estimate of drug-likeness (QED) is 0.670. The van der Waals surface area contributed by atoms with Gasteiger partial charge in [-0.25, -0.2) is 9.97 Å². The molecule has 1 aliphatic rings. The van der Waals surface area contributed by atoms with E-state index in [0.29, 0.717) is 18.5 Å². The van der Waals surface area contributed by atoms with Gasteiger partial charge in [0.05, 0.1) is 25.4 Å². The highest BCUT2D eigenvalue weighted by Gasteiger charge is 2.29. The van der Waals surface area contributed by atoms with Crippen molar-refractivity contribution < 1.29 is 19.0 Å². The molecule has 9 nitrogen and oxygen atoms in total. The minimum absolute atomic E-state index is 0.0153. The van der Waals surface area contributed by atoms with Crippen LogP contribution in [0.25, 0.3) is 11.2 Å². The number of nitrogens with one attached hydrogen (secondary N) is 1. The summed E-state index contributed by atoms with van der Waals surface area (Å²) in [4.78, 5) is 40.3. The van der Waals surface area contributed by atoms with Gasteiger partial charge in [-0.1, -0.05) is 0 Å². The smallest absolute Gasteiger partial charge is 0.321 e. The summed E-state index contributed by atoms with van der Waals surface area (Å²) in [6.45, 7) is -3.65. The molecule has 0 bridgehead atoms. The van der Waals surface area contributed by atoms with Gasteiger partial charge in [0, 0.05) is 0 Å². The number of rotatable bonds is 4. The number of hydrogen-bond acceptors (Lipinski definition) is 6. The maximum absolute atomic E-state index is 11.6. The summed E-state index contributed by atoms with van der Waals surface area (Å²) in [6, 6.07) is 0. The van der Waals surface area contributed by atoms with Crippen molar-refractivity contribution in [3.8, 4) is 0 Å². The average Bonchev–Trinajstić information content (AvgIpc) is 3.02. The fourth-order valence-electron chi connectivity index (χ4n) is 2.27. The lowest BCUT2D eigenvalue weighted by atomic mass is 10.2. The molecule has 11 heteroatoms. The molecule has 0 aromatic carbocycles. The Morgan fingerprint density at radius 1 is 1.52 bits per heavy atom. The van der Waals surface area contributed by atoms with E-state index in [-0.39, 0.29) is 30.0 Å². The number of H-pyrrole nitrogens is 1. The summed E-state index contributed by atoms with van der Waals surface area (Å²) in [5.41, 5.74) is 0.389. The van der Waals surface area contributed by atoms with Gasteiger partial charge in [-0.3, -0.25) is 9.36 Å². The summed E-state index contributed by atoms with van der Waals surface area (Å²) in [5, 5.41) is 0. The molecule has 2 aromatic heterocycles. The fraction of sp³-hybridized carbons (Fsp3) is 0.500. The van der Waals surface area contributed by atoms with Crippen molar-refractivity contribution in [2.24, 2.45) is 0 Å².